The van der Waals surface area contributed by atoms with Gasteiger partial charge in [-0.3, -0.25) is 9.59 Å². The van der Waals surface area contributed by atoms with Crippen molar-refractivity contribution in [1.82, 2.24) is 5.32 Å². The van der Waals surface area contributed by atoms with E-state index in [1.165, 1.54) is 5.56 Å². The van der Waals surface area contributed by atoms with Gasteiger partial charge in [0.25, 0.3) is 5.91 Å². The fraction of sp³-hybridized carbons (Fsp3) is 0.391. The monoisotopic (exact) mass is 366 g/mol. The van der Waals surface area contributed by atoms with Crippen LogP contribution in [0.4, 0.5) is 5.69 Å². The van der Waals surface area contributed by atoms with Crippen molar-refractivity contribution in [2.45, 2.75) is 47.0 Å². The van der Waals surface area contributed by atoms with Crippen LogP contribution in [-0.2, 0) is 10.2 Å². The van der Waals surface area contributed by atoms with Crippen LogP contribution in [0.25, 0.3) is 0 Å². The van der Waals surface area contributed by atoms with Crippen LogP contribution >= 0.6 is 0 Å². The number of hydrogen-bond acceptors (Lipinski definition) is 2. The quantitative estimate of drug-likeness (QED) is 0.853. The molecule has 0 bridgehead atoms. The zero-order chi connectivity index (χ0) is 20.2. The highest BCUT2D eigenvalue weighted by Gasteiger charge is 2.16. The Balaban J connectivity index is 2.01. The van der Waals surface area contributed by atoms with Crippen molar-refractivity contribution in [1.29, 1.82) is 0 Å². The number of hydrogen-bond donors (Lipinski definition) is 1. The summed E-state index contributed by atoms with van der Waals surface area (Å²) < 4.78 is 0. The first-order valence-electron chi connectivity index (χ1n) is 9.33. The summed E-state index contributed by atoms with van der Waals surface area (Å²) in [4.78, 5) is 26.2. The van der Waals surface area contributed by atoms with Crippen LogP contribution in [0.2, 0.25) is 0 Å². The summed E-state index contributed by atoms with van der Waals surface area (Å²) in [7, 11) is 0. The summed E-state index contributed by atoms with van der Waals surface area (Å²) in [5, 5.41) is 2.91. The highest BCUT2D eigenvalue weighted by atomic mass is 16.2. The number of rotatable bonds is 5. The zero-order valence-electron chi connectivity index (χ0n) is 17.2. The summed E-state index contributed by atoms with van der Waals surface area (Å²) in [6, 6.07) is 13.7. The van der Waals surface area contributed by atoms with Gasteiger partial charge in [-0.1, -0.05) is 45.0 Å². The predicted molar refractivity (Wildman–Crippen MR) is 111 cm³/mol. The Morgan fingerprint density at radius 1 is 1.00 bits per heavy atom. The van der Waals surface area contributed by atoms with Gasteiger partial charge < -0.3 is 10.2 Å². The number of amides is 2. The van der Waals surface area contributed by atoms with Crippen molar-refractivity contribution in [3.05, 3.63) is 64.7 Å². The van der Waals surface area contributed by atoms with E-state index in [1.54, 1.807) is 11.8 Å². The molecule has 0 unspecified atom stereocenters. The van der Waals surface area contributed by atoms with Crippen LogP contribution in [0.5, 0.6) is 0 Å². The second-order valence-electron chi connectivity index (χ2n) is 8.04. The summed E-state index contributed by atoms with van der Waals surface area (Å²) in [6.45, 7) is 12.8. The molecule has 0 aliphatic heterocycles. The maximum Gasteiger partial charge on any atom is 0.251 e. The Morgan fingerprint density at radius 2 is 1.63 bits per heavy atom. The maximum absolute atomic E-state index is 12.4. The lowest BCUT2D eigenvalue weighted by atomic mass is 9.87. The van der Waals surface area contributed by atoms with Crippen LogP contribution in [0, 0.1) is 13.8 Å². The van der Waals surface area contributed by atoms with Gasteiger partial charge in [0.05, 0.1) is 0 Å². The van der Waals surface area contributed by atoms with Gasteiger partial charge in [0.2, 0.25) is 5.91 Å². The first-order valence-corrected chi connectivity index (χ1v) is 9.33. The van der Waals surface area contributed by atoms with Gasteiger partial charge in [-0.25, -0.2) is 0 Å². The molecule has 2 rings (SSSR count). The average Bonchev–Trinajstić information content (AvgIpc) is 2.60. The van der Waals surface area contributed by atoms with Gasteiger partial charge in [-0.05, 0) is 54.2 Å². The van der Waals surface area contributed by atoms with Crippen molar-refractivity contribution in [3.63, 3.8) is 0 Å². The minimum Gasteiger partial charge on any atom is -0.350 e. The lowest BCUT2D eigenvalue weighted by Gasteiger charge is -2.24. The van der Waals surface area contributed by atoms with Crippen molar-refractivity contribution in [2.75, 3.05) is 18.0 Å². The summed E-state index contributed by atoms with van der Waals surface area (Å²) in [6.07, 6.45) is 0. The number of benzene rings is 2. The molecule has 1 N–H and O–H groups in total. The van der Waals surface area contributed by atoms with E-state index >= 15 is 0 Å². The molecule has 0 aromatic heterocycles. The molecule has 0 saturated carbocycles. The molecule has 0 spiro atoms. The molecular formula is C23H30N2O2. The van der Waals surface area contributed by atoms with Crippen LogP contribution < -0.4 is 10.2 Å². The second-order valence-corrected chi connectivity index (χ2v) is 8.04. The second kappa shape index (κ2) is 8.38. The molecule has 2 aromatic carbocycles. The molecule has 0 aliphatic rings. The van der Waals surface area contributed by atoms with Crippen LogP contribution in [0.3, 0.4) is 0 Å². The highest BCUT2D eigenvalue weighted by molar-refractivity contribution is 5.95. The fourth-order valence-electron chi connectivity index (χ4n) is 2.96. The highest BCUT2D eigenvalue weighted by Crippen LogP contribution is 2.23. The molecule has 4 nitrogen and oxygen atoms in total. The van der Waals surface area contributed by atoms with Crippen molar-refractivity contribution in [2.24, 2.45) is 0 Å². The van der Waals surface area contributed by atoms with Gasteiger partial charge in [0.15, 0.2) is 0 Å². The van der Waals surface area contributed by atoms with Gasteiger partial charge in [-0.2, -0.15) is 0 Å². The van der Waals surface area contributed by atoms with Crippen molar-refractivity contribution in [3.8, 4) is 0 Å². The van der Waals surface area contributed by atoms with Crippen LogP contribution in [0.1, 0.15) is 54.7 Å². The molecule has 4 heteroatoms. The molecule has 2 amide bonds. The van der Waals surface area contributed by atoms with Crippen LogP contribution in [0.15, 0.2) is 42.5 Å². The van der Waals surface area contributed by atoms with Gasteiger partial charge in [-0.15, -0.1) is 0 Å². The van der Waals surface area contributed by atoms with Crippen LogP contribution in [-0.4, -0.2) is 24.9 Å². The molecule has 2 aromatic rings. The summed E-state index contributed by atoms with van der Waals surface area (Å²) in [5.74, 6) is -0.160. The predicted octanol–water partition coefficient (Wildman–Crippen LogP) is 4.38. The lowest BCUT2D eigenvalue weighted by Crippen LogP contribution is -2.38. The summed E-state index contributed by atoms with van der Waals surface area (Å²) >= 11 is 0. The van der Waals surface area contributed by atoms with E-state index in [0.29, 0.717) is 18.7 Å². The standard InChI is InChI=1S/C23H30N2O2/c1-16-7-8-17(2)21(15-16)25(18(3)26)14-13-24-22(27)19-9-11-20(12-10-19)23(4,5)6/h7-12,15H,13-14H2,1-6H3,(H,24,27). The van der Waals surface area contributed by atoms with Crippen molar-refractivity contribution >= 4 is 17.5 Å². The van der Waals surface area contributed by atoms with E-state index in [4.69, 9.17) is 0 Å². The molecule has 0 aliphatic carbocycles. The van der Waals surface area contributed by atoms with E-state index in [2.05, 4.69) is 26.1 Å². The molecule has 0 fully saturated rings. The number of anilines is 1. The first-order chi connectivity index (χ1) is 12.6. The zero-order valence-corrected chi connectivity index (χ0v) is 17.2. The molecule has 0 atom stereocenters. The maximum atomic E-state index is 12.4. The number of nitrogens with zero attached hydrogens (tertiary/aromatic N) is 1. The Hall–Kier alpha value is -2.62. The van der Waals surface area contributed by atoms with Gasteiger partial charge >= 0.3 is 0 Å². The van der Waals surface area contributed by atoms with E-state index < -0.39 is 0 Å². The Morgan fingerprint density at radius 3 is 2.19 bits per heavy atom. The smallest absolute Gasteiger partial charge is 0.251 e. The molecule has 0 radical (unpaired) electrons. The minimum atomic E-state index is -0.125. The van der Waals surface area contributed by atoms with E-state index in [-0.39, 0.29) is 17.2 Å². The van der Waals surface area contributed by atoms with E-state index in [0.717, 1.165) is 16.8 Å². The number of nitrogens with one attached hydrogen (secondary N) is 1. The normalized spacial score (nSPS) is 11.2. The Bertz CT molecular complexity index is 817. The third kappa shape index (κ3) is 5.43. The third-order valence-corrected chi connectivity index (χ3v) is 4.67. The largest absolute Gasteiger partial charge is 0.350 e. The lowest BCUT2D eigenvalue weighted by molar-refractivity contribution is -0.116. The van der Waals surface area contributed by atoms with Gasteiger partial charge in [0, 0.05) is 31.3 Å². The Kier molecular flexibility index (Phi) is 6.42. The number of carbonyl (C=O) groups excluding carboxylic acids is 2. The van der Waals surface area contributed by atoms with E-state index in [1.807, 2.05) is 56.3 Å². The fourth-order valence-corrected chi connectivity index (χ4v) is 2.96. The third-order valence-electron chi connectivity index (χ3n) is 4.67. The SMILES string of the molecule is CC(=O)N(CCNC(=O)c1ccc(C(C)(C)C)cc1)c1cc(C)ccc1C. The summed E-state index contributed by atoms with van der Waals surface area (Å²) in [5.41, 5.74) is 4.92. The number of aryl methyl sites for hydroxylation is 2. The average molecular weight is 367 g/mol. The topological polar surface area (TPSA) is 49.4 Å². The first kappa shape index (κ1) is 20.7. The van der Waals surface area contributed by atoms with Gasteiger partial charge in [0.1, 0.15) is 0 Å². The molecule has 0 heterocycles. The van der Waals surface area contributed by atoms with E-state index in [9.17, 15) is 9.59 Å². The van der Waals surface area contributed by atoms with Crippen molar-refractivity contribution < 1.29 is 9.59 Å². The number of carbonyl (C=O) groups is 2. The molecular weight excluding hydrogens is 336 g/mol. The molecule has 0 saturated heterocycles. The Labute approximate surface area is 162 Å². The minimum absolute atomic E-state index is 0.0347. The molecule has 27 heavy (non-hydrogen) atoms. The molecule has 144 valence electrons.